The number of aryl methyl sites for hydroxylation is 1. The molecule has 2 aromatic heterocycles. The highest BCUT2D eigenvalue weighted by Gasteiger charge is 2.28. The Morgan fingerprint density at radius 2 is 2.06 bits per heavy atom. The Balaban J connectivity index is 1.76. The van der Waals surface area contributed by atoms with E-state index in [4.69, 9.17) is 4.74 Å². The van der Waals surface area contributed by atoms with Crippen molar-refractivity contribution in [2.24, 2.45) is 0 Å². The molecular weight excluding hydrogens is 416 g/mol. The number of aromatic nitrogens is 3. The molecule has 4 rings (SSSR count). The number of hydrogen-bond acceptors (Lipinski definition) is 9. The lowest BCUT2D eigenvalue weighted by Gasteiger charge is -2.22. The average Bonchev–Trinajstić information content (AvgIpc) is 3.15. The summed E-state index contributed by atoms with van der Waals surface area (Å²) in [5.41, 5.74) is 2.43. The fraction of sp³-hybridized carbons (Fsp3) is 0.190. The van der Waals surface area contributed by atoms with Crippen molar-refractivity contribution in [3.8, 4) is 5.75 Å². The van der Waals surface area contributed by atoms with Crippen molar-refractivity contribution in [1.82, 2.24) is 15.0 Å². The van der Waals surface area contributed by atoms with Crippen LogP contribution >= 0.6 is 11.3 Å². The average molecular weight is 436 g/mol. The molecule has 31 heavy (non-hydrogen) atoms. The Labute approximate surface area is 182 Å². The van der Waals surface area contributed by atoms with E-state index >= 15 is 0 Å². The van der Waals surface area contributed by atoms with Crippen LogP contribution in [0.4, 0.5) is 28.1 Å². The van der Waals surface area contributed by atoms with Crippen LogP contribution in [0.1, 0.15) is 12.5 Å². The number of nitro groups is 1. The molecule has 0 radical (unpaired) electrons. The van der Waals surface area contributed by atoms with E-state index in [-0.39, 0.29) is 17.3 Å². The Kier molecular flexibility index (Phi) is 5.63. The fourth-order valence-electron chi connectivity index (χ4n) is 3.26. The first-order chi connectivity index (χ1) is 15.0. The lowest BCUT2D eigenvalue weighted by molar-refractivity contribution is -0.383. The maximum atomic E-state index is 12.0. The van der Waals surface area contributed by atoms with E-state index < -0.39 is 4.92 Å². The van der Waals surface area contributed by atoms with Gasteiger partial charge in [-0.05, 0) is 49.7 Å². The number of rotatable bonds is 7. The number of methoxy groups -OCH3 is 1. The van der Waals surface area contributed by atoms with Gasteiger partial charge >= 0.3 is 5.69 Å². The molecule has 0 spiro atoms. The van der Waals surface area contributed by atoms with E-state index in [9.17, 15) is 10.1 Å². The Morgan fingerprint density at radius 3 is 2.77 bits per heavy atom. The normalized spacial score (nSPS) is 10.8. The van der Waals surface area contributed by atoms with Crippen LogP contribution in [0.25, 0.3) is 10.2 Å². The molecule has 10 heteroatoms. The summed E-state index contributed by atoms with van der Waals surface area (Å²) >= 11 is 1.36. The Bertz CT molecular complexity index is 1260. The first-order valence-corrected chi connectivity index (χ1v) is 10.4. The molecule has 0 fully saturated rings. The largest absolute Gasteiger partial charge is 0.497 e. The predicted molar refractivity (Wildman–Crippen MR) is 122 cm³/mol. The van der Waals surface area contributed by atoms with E-state index in [1.165, 1.54) is 17.7 Å². The number of benzene rings is 2. The molecule has 0 saturated carbocycles. The molecular formula is C21H20N6O3S. The van der Waals surface area contributed by atoms with E-state index in [1.807, 2.05) is 56.3 Å². The minimum absolute atomic E-state index is 0.0899. The predicted octanol–water partition coefficient (Wildman–Crippen LogP) is 5.21. The molecule has 0 saturated heterocycles. The van der Waals surface area contributed by atoms with Gasteiger partial charge in [-0.2, -0.15) is 0 Å². The number of anilines is 4. The number of hydrogen-bond donors (Lipinski definition) is 1. The van der Waals surface area contributed by atoms with Gasteiger partial charge in [-0.15, -0.1) is 0 Å². The summed E-state index contributed by atoms with van der Waals surface area (Å²) in [7, 11) is 1.60. The molecule has 2 aromatic carbocycles. The lowest BCUT2D eigenvalue weighted by atomic mass is 10.2. The van der Waals surface area contributed by atoms with Crippen molar-refractivity contribution in [2.75, 3.05) is 23.9 Å². The molecule has 0 aliphatic heterocycles. The molecule has 4 aromatic rings. The maximum absolute atomic E-state index is 12.0. The van der Waals surface area contributed by atoms with Gasteiger partial charge < -0.3 is 15.0 Å². The molecule has 0 bridgehead atoms. The number of ether oxygens (including phenoxy) is 1. The van der Waals surface area contributed by atoms with Gasteiger partial charge in [0.15, 0.2) is 5.13 Å². The molecule has 0 aliphatic carbocycles. The zero-order chi connectivity index (χ0) is 22.0. The third-order valence-electron chi connectivity index (χ3n) is 4.69. The van der Waals surface area contributed by atoms with Gasteiger partial charge in [0.2, 0.25) is 11.6 Å². The maximum Gasteiger partial charge on any atom is 0.354 e. The molecule has 0 aliphatic rings. The van der Waals surface area contributed by atoms with Gasteiger partial charge in [-0.3, -0.25) is 10.1 Å². The van der Waals surface area contributed by atoms with Crippen LogP contribution < -0.4 is 15.0 Å². The van der Waals surface area contributed by atoms with Crippen molar-refractivity contribution in [2.45, 2.75) is 13.8 Å². The van der Waals surface area contributed by atoms with Crippen molar-refractivity contribution < 1.29 is 9.66 Å². The van der Waals surface area contributed by atoms with Gasteiger partial charge in [0.25, 0.3) is 0 Å². The van der Waals surface area contributed by atoms with Crippen LogP contribution in [0.15, 0.2) is 48.8 Å². The van der Waals surface area contributed by atoms with E-state index in [2.05, 4.69) is 20.3 Å². The first-order valence-electron chi connectivity index (χ1n) is 9.55. The smallest absolute Gasteiger partial charge is 0.354 e. The van der Waals surface area contributed by atoms with Crippen LogP contribution in [0.3, 0.4) is 0 Å². The van der Waals surface area contributed by atoms with E-state index in [1.54, 1.807) is 12.0 Å². The van der Waals surface area contributed by atoms with Crippen LogP contribution in [0.2, 0.25) is 0 Å². The van der Waals surface area contributed by atoms with Crippen molar-refractivity contribution in [1.29, 1.82) is 0 Å². The number of fused-ring (bicyclic) bond motifs is 1. The molecule has 0 atom stereocenters. The summed E-state index contributed by atoms with van der Waals surface area (Å²) in [4.78, 5) is 26.2. The Morgan fingerprint density at radius 1 is 1.23 bits per heavy atom. The summed E-state index contributed by atoms with van der Waals surface area (Å²) in [6.07, 6.45) is 1.32. The second-order valence-electron chi connectivity index (χ2n) is 6.71. The second kappa shape index (κ2) is 8.52. The molecule has 9 nitrogen and oxygen atoms in total. The summed E-state index contributed by atoms with van der Waals surface area (Å²) in [6.45, 7) is 4.39. The Hall–Kier alpha value is -3.79. The van der Waals surface area contributed by atoms with E-state index in [0.717, 1.165) is 27.2 Å². The van der Waals surface area contributed by atoms with Gasteiger partial charge in [-0.25, -0.2) is 15.0 Å². The first kappa shape index (κ1) is 20.5. The third-order valence-corrected chi connectivity index (χ3v) is 5.63. The van der Waals surface area contributed by atoms with Gasteiger partial charge in [-0.1, -0.05) is 23.5 Å². The quantitative estimate of drug-likeness (QED) is 0.311. The second-order valence-corrected chi connectivity index (χ2v) is 7.74. The summed E-state index contributed by atoms with van der Waals surface area (Å²) in [5, 5.41) is 15.5. The number of nitrogens with one attached hydrogen (secondary N) is 1. The molecule has 0 amide bonds. The van der Waals surface area contributed by atoms with Crippen molar-refractivity contribution >= 4 is 49.7 Å². The SMILES string of the molecule is CCN(c1cccc(C)c1)c1ncnc(Nc2nc3ccc(OC)cc3s2)c1[N+](=O)[O-]. The molecule has 0 unspecified atom stereocenters. The van der Waals surface area contributed by atoms with Crippen molar-refractivity contribution in [3.05, 3.63) is 64.5 Å². The molecule has 2 heterocycles. The minimum atomic E-state index is -0.466. The topological polar surface area (TPSA) is 106 Å². The summed E-state index contributed by atoms with van der Waals surface area (Å²) < 4.78 is 6.15. The van der Waals surface area contributed by atoms with Crippen LogP contribution in [-0.4, -0.2) is 33.5 Å². The van der Waals surface area contributed by atoms with Crippen molar-refractivity contribution in [3.63, 3.8) is 0 Å². The highest BCUT2D eigenvalue weighted by Crippen LogP contribution is 2.38. The zero-order valence-electron chi connectivity index (χ0n) is 17.2. The summed E-state index contributed by atoms with van der Waals surface area (Å²) in [6, 6.07) is 13.3. The minimum Gasteiger partial charge on any atom is -0.497 e. The van der Waals surface area contributed by atoms with Gasteiger partial charge in [0.1, 0.15) is 12.1 Å². The molecule has 158 valence electrons. The van der Waals surface area contributed by atoms with E-state index in [0.29, 0.717) is 11.7 Å². The zero-order valence-corrected chi connectivity index (χ0v) is 18.0. The van der Waals surface area contributed by atoms with Crippen LogP contribution in [0.5, 0.6) is 5.75 Å². The number of nitrogens with zero attached hydrogens (tertiary/aromatic N) is 5. The fourth-order valence-corrected chi connectivity index (χ4v) is 4.16. The van der Waals surface area contributed by atoms with Crippen LogP contribution in [-0.2, 0) is 0 Å². The van der Waals surface area contributed by atoms with Gasteiger partial charge in [0, 0.05) is 12.2 Å². The third kappa shape index (κ3) is 4.10. The standard InChI is InChI=1S/C21H20N6O3S/c1-4-26(14-7-5-6-13(2)10-14)20-18(27(28)29)19(22-12-23-20)25-21-24-16-9-8-15(30-3)11-17(16)31-21/h5-12H,4H2,1-3H3,(H,22,23,24,25). The lowest BCUT2D eigenvalue weighted by Crippen LogP contribution is -2.19. The highest BCUT2D eigenvalue weighted by atomic mass is 32.1. The van der Waals surface area contributed by atoms with Gasteiger partial charge in [0.05, 0.1) is 22.2 Å². The monoisotopic (exact) mass is 436 g/mol. The summed E-state index contributed by atoms with van der Waals surface area (Å²) in [5.74, 6) is 1.03. The highest BCUT2D eigenvalue weighted by molar-refractivity contribution is 7.22. The molecule has 1 N–H and O–H groups in total. The number of thiazole rings is 1. The van der Waals surface area contributed by atoms with Crippen LogP contribution in [0, 0.1) is 17.0 Å².